The smallest absolute Gasteiger partial charge is 0.261 e. The van der Waals surface area contributed by atoms with Crippen LogP contribution in [-0.4, -0.2) is 6.04 Å². The van der Waals surface area contributed by atoms with Gasteiger partial charge in [-0.05, 0) is 6.42 Å². The van der Waals surface area contributed by atoms with Gasteiger partial charge in [0.25, 0.3) is 0 Å². The van der Waals surface area contributed by atoms with E-state index in [1.165, 1.54) is 12.8 Å². The number of hydrogen-bond acceptors (Lipinski definition) is 1. The maximum atomic E-state index is 11.6. The number of carbonyl (C=O) groups excluding carboxylic acids is 1. The number of unbranched alkanes of at least 4 members (excludes halogenated alkanes) is 4. The molecule has 0 amide bonds. The van der Waals surface area contributed by atoms with Crippen LogP contribution in [0.25, 0.3) is 0 Å². The van der Waals surface area contributed by atoms with Gasteiger partial charge in [-0.25, -0.2) is 0 Å². The van der Waals surface area contributed by atoms with Crippen molar-refractivity contribution in [1.82, 2.24) is 0 Å². The van der Waals surface area contributed by atoms with Crippen molar-refractivity contribution < 1.29 is 9.18 Å². The van der Waals surface area contributed by atoms with Crippen molar-refractivity contribution in [2.24, 2.45) is 0 Å². The SMILES string of the molecule is CCCCCCCC(=O)F. The van der Waals surface area contributed by atoms with E-state index in [0.29, 0.717) is 0 Å². The summed E-state index contributed by atoms with van der Waals surface area (Å²) in [5.74, 6) is 0. The highest BCUT2D eigenvalue weighted by molar-refractivity contribution is 5.67. The van der Waals surface area contributed by atoms with Crippen LogP contribution in [0, 0.1) is 0 Å². The number of halogens is 1. The molecule has 0 aliphatic rings. The standard InChI is InChI=1S/C8H15FO/c1-2-3-4-5-6-7-8(9)10/h2-7H2,1H3. The summed E-state index contributed by atoms with van der Waals surface area (Å²) in [6, 6.07) is -1.17. The van der Waals surface area contributed by atoms with Gasteiger partial charge >= 0.3 is 6.04 Å². The summed E-state index contributed by atoms with van der Waals surface area (Å²) < 4.78 is 11.6. The normalized spacial score (nSPS) is 9.80. The summed E-state index contributed by atoms with van der Waals surface area (Å²) in [5, 5.41) is 0. The van der Waals surface area contributed by atoms with Gasteiger partial charge in [-0.15, -0.1) is 0 Å². The van der Waals surface area contributed by atoms with Crippen LogP contribution in [0.2, 0.25) is 0 Å². The molecule has 0 radical (unpaired) electrons. The molecule has 0 heterocycles. The van der Waals surface area contributed by atoms with Crippen LogP contribution in [0.4, 0.5) is 4.39 Å². The topological polar surface area (TPSA) is 17.1 Å². The molecular weight excluding hydrogens is 131 g/mol. The van der Waals surface area contributed by atoms with E-state index in [-0.39, 0.29) is 6.42 Å². The molecule has 0 rings (SSSR count). The molecular formula is C8H15FO. The maximum Gasteiger partial charge on any atom is 0.301 e. The molecule has 0 N–H and O–H groups in total. The lowest BCUT2D eigenvalue weighted by Gasteiger charge is -1.94. The highest BCUT2D eigenvalue weighted by Crippen LogP contribution is 2.05. The van der Waals surface area contributed by atoms with Crippen molar-refractivity contribution in [3.63, 3.8) is 0 Å². The van der Waals surface area contributed by atoms with E-state index in [1.54, 1.807) is 0 Å². The second-order valence-corrected chi connectivity index (χ2v) is 2.52. The van der Waals surface area contributed by atoms with Crippen LogP contribution >= 0.6 is 0 Å². The largest absolute Gasteiger partial charge is 0.301 e. The lowest BCUT2D eigenvalue weighted by Crippen LogP contribution is -1.86. The van der Waals surface area contributed by atoms with Gasteiger partial charge in [-0.1, -0.05) is 32.6 Å². The van der Waals surface area contributed by atoms with E-state index in [0.717, 1.165) is 19.3 Å². The average molecular weight is 146 g/mol. The van der Waals surface area contributed by atoms with Crippen LogP contribution in [-0.2, 0) is 4.79 Å². The van der Waals surface area contributed by atoms with E-state index in [4.69, 9.17) is 0 Å². The first-order valence-electron chi connectivity index (χ1n) is 3.95. The monoisotopic (exact) mass is 146 g/mol. The van der Waals surface area contributed by atoms with Gasteiger partial charge in [0, 0.05) is 6.42 Å². The molecule has 2 heteroatoms. The fraction of sp³-hybridized carbons (Fsp3) is 0.875. The third-order valence-corrected chi connectivity index (χ3v) is 1.48. The minimum absolute atomic E-state index is 0.115. The van der Waals surface area contributed by atoms with Crippen LogP contribution in [0.5, 0.6) is 0 Å². The van der Waals surface area contributed by atoms with E-state index in [2.05, 4.69) is 6.92 Å². The molecule has 10 heavy (non-hydrogen) atoms. The van der Waals surface area contributed by atoms with Gasteiger partial charge < -0.3 is 0 Å². The Kier molecular flexibility index (Phi) is 6.45. The Hall–Kier alpha value is -0.400. The zero-order valence-electron chi connectivity index (χ0n) is 6.53. The number of carbonyl (C=O) groups is 1. The van der Waals surface area contributed by atoms with E-state index in [9.17, 15) is 9.18 Å². The van der Waals surface area contributed by atoms with Crippen molar-refractivity contribution in [2.45, 2.75) is 45.4 Å². The minimum atomic E-state index is -1.17. The summed E-state index contributed by atoms with van der Waals surface area (Å²) in [6.45, 7) is 2.13. The molecule has 0 aromatic heterocycles. The molecule has 0 aromatic rings. The van der Waals surface area contributed by atoms with E-state index >= 15 is 0 Å². The third-order valence-electron chi connectivity index (χ3n) is 1.48. The highest BCUT2D eigenvalue weighted by atomic mass is 19.1. The Bertz CT molecular complexity index is 91.3. The van der Waals surface area contributed by atoms with Crippen LogP contribution in [0.1, 0.15) is 45.4 Å². The molecule has 0 spiro atoms. The summed E-state index contributed by atoms with van der Waals surface area (Å²) in [7, 11) is 0. The van der Waals surface area contributed by atoms with Crippen molar-refractivity contribution >= 4 is 6.04 Å². The second kappa shape index (κ2) is 6.72. The molecule has 0 atom stereocenters. The fourth-order valence-electron chi connectivity index (χ4n) is 0.868. The lowest BCUT2D eigenvalue weighted by molar-refractivity contribution is -0.129. The molecule has 60 valence electrons. The molecule has 0 fully saturated rings. The molecule has 0 unspecified atom stereocenters. The van der Waals surface area contributed by atoms with Crippen LogP contribution < -0.4 is 0 Å². The molecule has 0 aromatic carbocycles. The summed E-state index contributed by atoms with van der Waals surface area (Å²) in [4.78, 5) is 9.81. The Morgan fingerprint density at radius 2 is 1.80 bits per heavy atom. The van der Waals surface area contributed by atoms with Crippen LogP contribution in [0.15, 0.2) is 0 Å². The summed E-state index contributed by atoms with van der Waals surface area (Å²) >= 11 is 0. The zero-order chi connectivity index (χ0) is 7.82. The van der Waals surface area contributed by atoms with Crippen molar-refractivity contribution in [3.8, 4) is 0 Å². The Labute approximate surface area is 61.6 Å². The molecule has 0 bridgehead atoms. The number of hydrogen-bond donors (Lipinski definition) is 0. The Morgan fingerprint density at radius 1 is 1.20 bits per heavy atom. The minimum Gasteiger partial charge on any atom is -0.261 e. The van der Waals surface area contributed by atoms with Crippen molar-refractivity contribution in [1.29, 1.82) is 0 Å². The maximum absolute atomic E-state index is 11.6. The number of rotatable bonds is 6. The van der Waals surface area contributed by atoms with Gasteiger partial charge in [-0.3, -0.25) is 4.79 Å². The van der Waals surface area contributed by atoms with Gasteiger partial charge in [0.1, 0.15) is 0 Å². The average Bonchev–Trinajstić information content (AvgIpc) is 1.87. The highest BCUT2D eigenvalue weighted by Gasteiger charge is 1.95. The fourth-order valence-corrected chi connectivity index (χ4v) is 0.868. The lowest BCUT2D eigenvalue weighted by atomic mass is 10.1. The van der Waals surface area contributed by atoms with Crippen molar-refractivity contribution in [3.05, 3.63) is 0 Å². The van der Waals surface area contributed by atoms with Crippen molar-refractivity contribution in [2.75, 3.05) is 0 Å². The van der Waals surface area contributed by atoms with E-state index in [1.807, 2.05) is 0 Å². The van der Waals surface area contributed by atoms with E-state index < -0.39 is 6.04 Å². The first kappa shape index (κ1) is 9.60. The predicted octanol–water partition coefficient (Wildman–Crippen LogP) is 2.84. The second-order valence-electron chi connectivity index (χ2n) is 2.52. The van der Waals surface area contributed by atoms with Crippen LogP contribution in [0.3, 0.4) is 0 Å². The van der Waals surface area contributed by atoms with Gasteiger partial charge in [0.15, 0.2) is 0 Å². The molecule has 0 aliphatic carbocycles. The Balaban J connectivity index is 2.84. The third kappa shape index (κ3) is 7.60. The zero-order valence-corrected chi connectivity index (χ0v) is 6.53. The molecule has 1 nitrogen and oxygen atoms in total. The molecule has 0 saturated carbocycles. The molecule has 0 saturated heterocycles. The van der Waals surface area contributed by atoms with Gasteiger partial charge in [0.2, 0.25) is 0 Å². The van der Waals surface area contributed by atoms with Gasteiger partial charge in [0.05, 0.1) is 0 Å². The first-order valence-corrected chi connectivity index (χ1v) is 3.95. The summed E-state index contributed by atoms with van der Waals surface area (Å²) in [5.41, 5.74) is 0. The first-order chi connectivity index (χ1) is 4.77. The quantitative estimate of drug-likeness (QED) is 0.416. The summed E-state index contributed by atoms with van der Waals surface area (Å²) in [6.07, 6.45) is 5.33. The molecule has 0 aliphatic heterocycles. The Morgan fingerprint density at radius 3 is 2.30 bits per heavy atom. The predicted molar refractivity (Wildman–Crippen MR) is 39.5 cm³/mol. The van der Waals surface area contributed by atoms with Gasteiger partial charge in [-0.2, -0.15) is 4.39 Å².